The van der Waals surface area contributed by atoms with E-state index in [2.05, 4.69) is 0 Å². The number of benzene rings is 1. The SMILES string of the molecule is CC(c1ccccc1)P(=O)([O-])[O-]. The molecule has 3 nitrogen and oxygen atoms in total. The standard InChI is InChI=1S/C8H11O3P/c1-7(12(9,10)11)8-5-3-2-4-6-8/h2-7H,1H3,(H2,9,10,11)/p-2. The van der Waals surface area contributed by atoms with Gasteiger partial charge in [0, 0.05) is 5.66 Å². The van der Waals surface area contributed by atoms with Crippen LogP contribution in [0.1, 0.15) is 18.1 Å². The lowest BCUT2D eigenvalue weighted by Gasteiger charge is -2.36. The highest BCUT2D eigenvalue weighted by molar-refractivity contribution is 7.49. The second kappa shape index (κ2) is 3.40. The molecule has 1 unspecified atom stereocenters. The molecule has 0 amide bonds. The van der Waals surface area contributed by atoms with Crippen LogP contribution in [0.5, 0.6) is 0 Å². The Morgan fingerprint density at radius 3 is 2.17 bits per heavy atom. The van der Waals surface area contributed by atoms with E-state index in [1.54, 1.807) is 30.3 Å². The van der Waals surface area contributed by atoms with Crippen molar-refractivity contribution >= 4 is 7.60 Å². The van der Waals surface area contributed by atoms with Crippen LogP contribution in [0.3, 0.4) is 0 Å². The normalized spacial score (nSPS) is 14.2. The van der Waals surface area contributed by atoms with Gasteiger partial charge in [-0.25, -0.2) is 0 Å². The Morgan fingerprint density at radius 1 is 1.25 bits per heavy atom. The largest absolute Gasteiger partial charge is 0.810 e. The first-order valence-electron chi connectivity index (χ1n) is 3.58. The summed E-state index contributed by atoms with van der Waals surface area (Å²) in [6.07, 6.45) is 0. The van der Waals surface area contributed by atoms with Crippen LogP contribution in [-0.4, -0.2) is 0 Å². The van der Waals surface area contributed by atoms with Crippen LogP contribution in [0.2, 0.25) is 0 Å². The summed E-state index contributed by atoms with van der Waals surface area (Å²) in [6, 6.07) is 8.46. The average molecular weight is 184 g/mol. The van der Waals surface area contributed by atoms with E-state index in [0.29, 0.717) is 5.56 Å². The molecule has 0 aliphatic heterocycles. The molecule has 1 aromatic rings. The van der Waals surface area contributed by atoms with Crippen molar-refractivity contribution in [2.24, 2.45) is 0 Å². The van der Waals surface area contributed by atoms with Crippen LogP contribution in [0.15, 0.2) is 30.3 Å². The quantitative estimate of drug-likeness (QED) is 0.634. The van der Waals surface area contributed by atoms with Gasteiger partial charge in [-0.15, -0.1) is 0 Å². The summed E-state index contributed by atoms with van der Waals surface area (Å²) in [5.41, 5.74) is -0.385. The van der Waals surface area contributed by atoms with E-state index in [4.69, 9.17) is 0 Å². The molecule has 1 rings (SSSR count). The van der Waals surface area contributed by atoms with Gasteiger partial charge in [0.2, 0.25) is 0 Å². The first kappa shape index (κ1) is 9.46. The third-order valence-electron chi connectivity index (χ3n) is 1.76. The van der Waals surface area contributed by atoms with Crippen molar-refractivity contribution in [3.63, 3.8) is 0 Å². The fourth-order valence-electron chi connectivity index (χ4n) is 0.914. The zero-order chi connectivity index (χ0) is 9.19. The number of rotatable bonds is 2. The molecule has 0 radical (unpaired) electrons. The fraction of sp³-hybridized carbons (Fsp3) is 0.250. The Morgan fingerprint density at radius 2 is 1.75 bits per heavy atom. The van der Waals surface area contributed by atoms with E-state index in [9.17, 15) is 14.4 Å². The van der Waals surface area contributed by atoms with Crippen LogP contribution >= 0.6 is 7.60 Å². The molecular formula is C8H9O3P-2. The Balaban J connectivity index is 2.94. The molecule has 0 saturated carbocycles. The van der Waals surface area contributed by atoms with Gasteiger partial charge in [0.15, 0.2) is 0 Å². The van der Waals surface area contributed by atoms with E-state index in [-0.39, 0.29) is 0 Å². The zero-order valence-electron chi connectivity index (χ0n) is 6.64. The Labute approximate surface area is 71.2 Å². The van der Waals surface area contributed by atoms with Gasteiger partial charge < -0.3 is 14.4 Å². The third kappa shape index (κ3) is 2.18. The molecule has 1 atom stereocenters. The predicted octanol–water partition coefficient (Wildman–Crippen LogP) is 0.661. The van der Waals surface area contributed by atoms with Crippen molar-refractivity contribution in [2.75, 3.05) is 0 Å². The van der Waals surface area contributed by atoms with Crippen LogP contribution in [-0.2, 0) is 4.57 Å². The minimum Gasteiger partial charge on any atom is -0.810 e. The van der Waals surface area contributed by atoms with Crippen molar-refractivity contribution in [3.05, 3.63) is 35.9 Å². The molecule has 0 saturated heterocycles. The third-order valence-corrected chi connectivity index (χ3v) is 3.00. The van der Waals surface area contributed by atoms with Crippen molar-refractivity contribution in [2.45, 2.75) is 12.6 Å². The number of hydrogen-bond acceptors (Lipinski definition) is 3. The highest BCUT2D eigenvalue weighted by Gasteiger charge is 2.07. The van der Waals surface area contributed by atoms with E-state index >= 15 is 0 Å². The van der Waals surface area contributed by atoms with Crippen molar-refractivity contribution in [3.8, 4) is 0 Å². The molecule has 0 bridgehead atoms. The lowest BCUT2D eigenvalue weighted by Crippen LogP contribution is -2.18. The molecule has 0 spiro atoms. The molecule has 4 heteroatoms. The first-order chi connectivity index (χ1) is 5.52. The van der Waals surface area contributed by atoms with Gasteiger partial charge in [-0.3, -0.25) is 0 Å². The molecule has 66 valence electrons. The van der Waals surface area contributed by atoms with E-state index in [1.807, 2.05) is 0 Å². The molecule has 0 aliphatic carbocycles. The maximum absolute atomic E-state index is 10.6. The smallest absolute Gasteiger partial charge is 0.00884 e. The van der Waals surface area contributed by atoms with Gasteiger partial charge >= 0.3 is 0 Å². The van der Waals surface area contributed by atoms with Gasteiger partial charge in [-0.2, -0.15) is 0 Å². The topological polar surface area (TPSA) is 63.2 Å². The van der Waals surface area contributed by atoms with Crippen molar-refractivity contribution < 1.29 is 14.4 Å². The summed E-state index contributed by atoms with van der Waals surface area (Å²) < 4.78 is 10.6. The van der Waals surface area contributed by atoms with Crippen LogP contribution in [0.4, 0.5) is 0 Å². The maximum atomic E-state index is 10.6. The Bertz CT molecular complexity index is 290. The van der Waals surface area contributed by atoms with Gasteiger partial charge in [0.1, 0.15) is 0 Å². The van der Waals surface area contributed by atoms with E-state index in [1.165, 1.54) is 6.92 Å². The molecule has 1 aromatic carbocycles. The lowest BCUT2D eigenvalue weighted by molar-refractivity contribution is -0.316. The highest BCUT2D eigenvalue weighted by Crippen LogP contribution is 2.43. The minimum atomic E-state index is -4.48. The van der Waals surface area contributed by atoms with E-state index in [0.717, 1.165) is 0 Å². The summed E-state index contributed by atoms with van der Waals surface area (Å²) in [4.78, 5) is 21.2. The van der Waals surface area contributed by atoms with Gasteiger partial charge in [0.25, 0.3) is 0 Å². The van der Waals surface area contributed by atoms with Crippen LogP contribution in [0.25, 0.3) is 0 Å². The summed E-state index contributed by atoms with van der Waals surface area (Å²) in [5.74, 6) is 0. The maximum Gasteiger partial charge on any atom is 0.00884 e. The first-order valence-corrected chi connectivity index (χ1v) is 5.19. The molecule has 0 fully saturated rings. The Hall–Kier alpha value is -0.630. The molecule has 0 heterocycles. The molecule has 0 aliphatic rings. The van der Waals surface area contributed by atoms with Gasteiger partial charge in [-0.05, 0) is 5.56 Å². The van der Waals surface area contributed by atoms with Gasteiger partial charge in [0.05, 0.1) is 0 Å². The number of hydrogen-bond donors (Lipinski definition) is 0. The summed E-state index contributed by atoms with van der Waals surface area (Å²) in [6.45, 7) is 1.40. The molecule has 12 heavy (non-hydrogen) atoms. The Kier molecular flexibility index (Phi) is 2.68. The van der Waals surface area contributed by atoms with Crippen molar-refractivity contribution in [1.29, 1.82) is 0 Å². The fourth-order valence-corrected chi connectivity index (χ4v) is 1.45. The molecule has 0 N–H and O–H groups in total. The molecule has 0 aromatic heterocycles. The predicted molar refractivity (Wildman–Crippen MR) is 42.5 cm³/mol. The minimum absolute atomic E-state index is 0.547. The van der Waals surface area contributed by atoms with Crippen LogP contribution < -0.4 is 9.79 Å². The second-order valence-corrected chi connectivity index (χ2v) is 4.48. The average Bonchev–Trinajstić information content (AvgIpc) is 2.03. The van der Waals surface area contributed by atoms with Crippen LogP contribution in [0, 0.1) is 0 Å². The molecular weight excluding hydrogens is 175 g/mol. The lowest BCUT2D eigenvalue weighted by atomic mass is 10.2. The summed E-state index contributed by atoms with van der Waals surface area (Å²) >= 11 is 0. The van der Waals surface area contributed by atoms with E-state index < -0.39 is 13.3 Å². The highest BCUT2D eigenvalue weighted by atomic mass is 31.2. The summed E-state index contributed by atoms with van der Waals surface area (Å²) in [5, 5.41) is 0. The zero-order valence-corrected chi connectivity index (χ0v) is 7.53. The second-order valence-electron chi connectivity index (χ2n) is 2.63. The summed E-state index contributed by atoms with van der Waals surface area (Å²) in [7, 11) is -4.48. The van der Waals surface area contributed by atoms with Gasteiger partial charge in [-0.1, -0.05) is 44.9 Å². The van der Waals surface area contributed by atoms with Crippen molar-refractivity contribution in [1.82, 2.24) is 0 Å². The monoisotopic (exact) mass is 184 g/mol.